The summed E-state index contributed by atoms with van der Waals surface area (Å²) in [5, 5.41) is 19.9. The van der Waals surface area contributed by atoms with Crippen molar-refractivity contribution in [3.8, 4) is 12.3 Å². The monoisotopic (exact) mass is 338 g/mol. The smallest absolute Gasteiger partial charge is 0.331 e. The minimum absolute atomic E-state index is 0.00612. The van der Waals surface area contributed by atoms with Crippen LogP contribution in [0.4, 0.5) is 0 Å². The molecule has 3 aliphatic rings. The first-order chi connectivity index (χ1) is 11.2. The Morgan fingerprint density at radius 2 is 2.12 bits per heavy atom. The van der Waals surface area contributed by atoms with Crippen LogP contribution < -0.4 is 0 Å². The summed E-state index contributed by atoms with van der Waals surface area (Å²) in [6.45, 7) is 7.23. The fraction of sp³-hybridized carbons (Fsp3) is 0.706. The molecule has 0 aromatic heterocycles. The van der Waals surface area contributed by atoms with Gasteiger partial charge in [-0.25, -0.2) is 4.79 Å². The summed E-state index contributed by atoms with van der Waals surface area (Å²) in [4.78, 5) is 11.6. The fourth-order valence-electron chi connectivity index (χ4n) is 4.45. The van der Waals surface area contributed by atoms with E-state index in [9.17, 15) is 15.0 Å². The lowest BCUT2D eigenvalue weighted by molar-refractivity contribution is -0.182. The maximum atomic E-state index is 11.6. The molecule has 2 saturated heterocycles. The largest absolute Gasteiger partial charge is 0.478 e. The van der Waals surface area contributed by atoms with Gasteiger partial charge in [-0.15, -0.1) is 6.42 Å². The van der Waals surface area contributed by atoms with E-state index < -0.39 is 40.9 Å². The average molecular weight is 338 g/mol. The zero-order valence-corrected chi connectivity index (χ0v) is 13.9. The van der Waals surface area contributed by atoms with Crippen LogP contribution in [0.3, 0.4) is 0 Å². The number of methoxy groups -OCH3 is 1. The first-order valence-electron chi connectivity index (χ1n) is 7.72. The van der Waals surface area contributed by atoms with Gasteiger partial charge in [-0.2, -0.15) is 0 Å². The summed E-state index contributed by atoms with van der Waals surface area (Å²) in [6.07, 6.45) is 3.77. The van der Waals surface area contributed by atoms with Crippen molar-refractivity contribution in [1.29, 1.82) is 0 Å². The predicted octanol–water partition coefficient (Wildman–Crippen LogP) is 0.521. The Labute approximate surface area is 140 Å². The predicted molar refractivity (Wildman–Crippen MR) is 81.7 cm³/mol. The Kier molecular flexibility index (Phi) is 3.83. The Balaban J connectivity index is 2.12. The molecule has 0 aromatic rings. The Morgan fingerprint density at radius 1 is 1.46 bits per heavy atom. The lowest BCUT2D eigenvalue weighted by atomic mass is 9.54. The maximum absolute atomic E-state index is 11.6. The molecule has 132 valence electrons. The van der Waals surface area contributed by atoms with Crippen molar-refractivity contribution in [2.45, 2.75) is 50.0 Å². The first-order valence-corrected chi connectivity index (χ1v) is 7.72. The van der Waals surface area contributed by atoms with Gasteiger partial charge in [-0.3, -0.25) is 0 Å². The number of hydrogen-bond donors (Lipinski definition) is 2. The van der Waals surface area contributed by atoms with Gasteiger partial charge in [0.1, 0.15) is 18.5 Å². The molecule has 2 N–H and O–H groups in total. The number of epoxide rings is 1. The molecule has 3 rings (SSSR count). The number of ether oxygens (including phenoxy) is 4. The van der Waals surface area contributed by atoms with E-state index in [0.29, 0.717) is 6.42 Å². The maximum Gasteiger partial charge on any atom is 0.331 e. The molecule has 2 heterocycles. The second kappa shape index (κ2) is 5.28. The molecule has 1 aliphatic carbocycles. The highest BCUT2D eigenvalue weighted by molar-refractivity contribution is 5.87. The van der Waals surface area contributed by atoms with Crippen LogP contribution >= 0.6 is 0 Å². The fourth-order valence-corrected chi connectivity index (χ4v) is 4.45. The number of carboxylic acids is 1. The normalized spacial score (nSPS) is 49.0. The van der Waals surface area contributed by atoms with Crippen LogP contribution in [-0.2, 0) is 23.7 Å². The standard InChI is InChI=1S/C17H22O7/c1-6-17-12(11(14(20)24-17)22-8-21-5)15(3,9(2)13(18)19)7-10-16(17,4)23-10/h1,10-12,14,20H,2,7-8H2,3-5H3,(H,18,19)/t10?,11?,12?,14-,15?,16?,17?/m1/s1. The molecule has 6 unspecified atom stereocenters. The van der Waals surface area contributed by atoms with Crippen LogP contribution in [0.15, 0.2) is 12.2 Å². The zero-order valence-electron chi connectivity index (χ0n) is 13.9. The summed E-state index contributed by atoms with van der Waals surface area (Å²) in [5.74, 6) is 0.864. The zero-order chi connectivity index (χ0) is 17.9. The van der Waals surface area contributed by atoms with Gasteiger partial charge in [-0.1, -0.05) is 19.4 Å². The van der Waals surface area contributed by atoms with Crippen LogP contribution in [0.1, 0.15) is 20.3 Å². The van der Waals surface area contributed by atoms with Gasteiger partial charge in [0.05, 0.1) is 6.10 Å². The SMILES string of the molecule is C#CC12O[C@@H](O)C(OCOC)C1C(C)(C(=C)C(=O)O)CC1OC12C. The summed E-state index contributed by atoms with van der Waals surface area (Å²) in [6, 6.07) is 0. The van der Waals surface area contributed by atoms with E-state index in [-0.39, 0.29) is 18.5 Å². The molecule has 0 spiro atoms. The molecule has 7 atom stereocenters. The third-order valence-electron chi connectivity index (χ3n) is 5.87. The van der Waals surface area contributed by atoms with E-state index in [4.69, 9.17) is 25.4 Å². The van der Waals surface area contributed by atoms with E-state index in [1.165, 1.54) is 7.11 Å². The summed E-state index contributed by atoms with van der Waals surface area (Å²) in [5.41, 5.74) is -3.07. The van der Waals surface area contributed by atoms with E-state index >= 15 is 0 Å². The van der Waals surface area contributed by atoms with Crippen molar-refractivity contribution in [2.24, 2.45) is 11.3 Å². The molecule has 2 aliphatic heterocycles. The number of carboxylic acid groups (broad SMARTS) is 1. The number of aliphatic carboxylic acids is 1. The second-order valence-corrected chi connectivity index (χ2v) is 7.02. The Hall–Kier alpha value is -1.43. The highest BCUT2D eigenvalue weighted by Gasteiger charge is 2.81. The highest BCUT2D eigenvalue weighted by atomic mass is 16.7. The Bertz CT molecular complexity index is 625. The van der Waals surface area contributed by atoms with Crippen LogP contribution in [0, 0.1) is 23.7 Å². The highest BCUT2D eigenvalue weighted by Crippen LogP contribution is 2.68. The van der Waals surface area contributed by atoms with Crippen molar-refractivity contribution < 1.29 is 34.0 Å². The molecule has 0 radical (unpaired) electrons. The van der Waals surface area contributed by atoms with Crippen molar-refractivity contribution in [3.05, 3.63) is 12.2 Å². The van der Waals surface area contributed by atoms with Crippen molar-refractivity contribution >= 4 is 5.97 Å². The Morgan fingerprint density at radius 3 is 2.67 bits per heavy atom. The number of aliphatic hydroxyl groups excluding tert-OH is 1. The van der Waals surface area contributed by atoms with Crippen molar-refractivity contribution in [3.63, 3.8) is 0 Å². The van der Waals surface area contributed by atoms with E-state index in [2.05, 4.69) is 12.5 Å². The van der Waals surface area contributed by atoms with Gasteiger partial charge < -0.3 is 29.2 Å². The number of carbonyl (C=O) groups is 1. The van der Waals surface area contributed by atoms with Gasteiger partial charge in [0.25, 0.3) is 0 Å². The second-order valence-electron chi connectivity index (χ2n) is 7.02. The molecule has 7 nitrogen and oxygen atoms in total. The molecule has 7 heteroatoms. The molecule has 0 bridgehead atoms. The van der Waals surface area contributed by atoms with Gasteiger partial charge in [0, 0.05) is 24.0 Å². The van der Waals surface area contributed by atoms with Crippen LogP contribution in [0.25, 0.3) is 0 Å². The van der Waals surface area contributed by atoms with Gasteiger partial charge >= 0.3 is 5.97 Å². The molecule has 3 fully saturated rings. The van der Waals surface area contributed by atoms with Crippen LogP contribution in [0.2, 0.25) is 0 Å². The summed E-state index contributed by atoms with van der Waals surface area (Å²) < 4.78 is 22.1. The molecular weight excluding hydrogens is 316 g/mol. The minimum Gasteiger partial charge on any atom is -0.478 e. The molecule has 24 heavy (non-hydrogen) atoms. The lowest BCUT2D eigenvalue weighted by Crippen LogP contribution is -2.60. The lowest BCUT2D eigenvalue weighted by Gasteiger charge is -2.48. The number of hydrogen-bond acceptors (Lipinski definition) is 6. The molecule has 1 saturated carbocycles. The third-order valence-corrected chi connectivity index (χ3v) is 5.87. The van der Waals surface area contributed by atoms with Gasteiger partial charge in [0.2, 0.25) is 0 Å². The van der Waals surface area contributed by atoms with Gasteiger partial charge in [-0.05, 0) is 13.3 Å². The molecule has 0 aromatic carbocycles. The van der Waals surface area contributed by atoms with Crippen molar-refractivity contribution in [1.82, 2.24) is 0 Å². The van der Waals surface area contributed by atoms with Crippen LogP contribution in [0.5, 0.6) is 0 Å². The number of rotatable bonds is 5. The van der Waals surface area contributed by atoms with Crippen LogP contribution in [-0.4, -0.2) is 59.8 Å². The average Bonchev–Trinajstić information content (AvgIpc) is 3.08. The summed E-state index contributed by atoms with van der Waals surface area (Å²) >= 11 is 0. The number of terminal acetylenes is 1. The van der Waals surface area contributed by atoms with E-state index in [0.717, 1.165) is 0 Å². The van der Waals surface area contributed by atoms with Crippen molar-refractivity contribution in [2.75, 3.05) is 13.9 Å². The summed E-state index contributed by atoms with van der Waals surface area (Å²) in [7, 11) is 1.45. The first kappa shape index (κ1) is 17.4. The number of fused-ring (bicyclic) bond motifs is 3. The third kappa shape index (κ3) is 1.95. The number of aliphatic hydroxyl groups is 1. The quantitative estimate of drug-likeness (QED) is 0.326. The minimum atomic E-state index is -1.32. The van der Waals surface area contributed by atoms with E-state index in [1.54, 1.807) is 6.92 Å². The molecular formula is C17H22O7. The molecule has 0 amide bonds. The van der Waals surface area contributed by atoms with E-state index in [1.807, 2.05) is 6.92 Å². The topological polar surface area (TPSA) is 97.8 Å². The van der Waals surface area contributed by atoms with Gasteiger partial charge in [0.15, 0.2) is 11.9 Å².